The molecule has 0 aliphatic heterocycles. The van der Waals surface area contributed by atoms with Crippen molar-refractivity contribution in [2.75, 3.05) is 165 Å². The van der Waals surface area contributed by atoms with Gasteiger partial charge >= 0.3 is 6.09 Å². The maximum Gasteiger partial charge on any atom is 0.407 e. The molecule has 2 N–H and O–H groups in total. The predicted molar refractivity (Wildman–Crippen MR) is 228 cm³/mol. The Morgan fingerprint density at radius 3 is 1.14 bits per heavy atom. The number of hydrogen-bond acceptors (Lipinski definition) is 19. The van der Waals surface area contributed by atoms with E-state index >= 15 is 0 Å². The molecule has 0 atom stereocenters. The first-order chi connectivity index (χ1) is 30.7. The molecule has 21 heteroatoms. The topological polar surface area (TPSA) is 230 Å². The summed E-state index contributed by atoms with van der Waals surface area (Å²) >= 11 is 0. The Balaban J connectivity index is 1.17. The fourth-order valence-electron chi connectivity index (χ4n) is 4.68. The molecule has 1 aromatic carbocycles. The summed E-state index contributed by atoms with van der Waals surface area (Å²) in [5.41, 5.74) is 1.24. The third-order valence-electron chi connectivity index (χ3n) is 7.76. The normalized spacial score (nSPS) is 11.6. The molecule has 0 bridgehead atoms. The van der Waals surface area contributed by atoms with Crippen LogP contribution >= 0.6 is 0 Å². The molecule has 2 rings (SSSR count). The number of aromatic nitrogens is 4. The van der Waals surface area contributed by atoms with E-state index < -0.39 is 11.7 Å². The summed E-state index contributed by atoms with van der Waals surface area (Å²) < 4.78 is 70.9. The van der Waals surface area contributed by atoms with Crippen molar-refractivity contribution in [1.82, 2.24) is 31.0 Å². The molecule has 0 unspecified atom stereocenters. The van der Waals surface area contributed by atoms with Gasteiger partial charge in [-0.25, -0.2) is 4.79 Å². The quantitative estimate of drug-likeness (QED) is 0.0908. The first-order valence-corrected chi connectivity index (χ1v) is 21.5. The number of benzene rings is 1. The first kappa shape index (κ1) is 55.6. The number of rotatable bonds is 42. The lowest BCUT2D eigenvalue weighted by Crippen LogP contribution is -2.34. The first-order valence-electron chi connectivity index (χ1n) is 21.5. The summed E-state index contributed by atoms with van der Waals surface area (Å²) in [6, 6.07) is 7.55. The van der Waals surface area contributed by atoms with Crippen LogP contribution in [-0.4, -0.2) is 203 Å². The van der Waals surface area contributed by atoms with E-state index in [4.69, 9.17) is 61.6 Å². The second-order valence-electron chi connectivity index (χ2n) is 14.3. The van der Waals surface area contributed by atoms with Crippen molar-refractivity contribution in [3.63, 3.8) is 0 Å². The van der Waals surface area contributed by atoms with E-state index in [1.807, 2.05) is 45.0 Å². The molecule has 0 radical (unpaired) electrons. The van der Waals surface area contributed by atoms with Crippen LogP contribution in [0.1, 0.15) is 38.6 Å². The zero-order valence-corrected chi connectivity index (χ0v) is 37.8. The van der Waals surface area contributed by atoms with Crippen molar-refractivity contribution < 1.29 is 71.2 Å². The van der Waals surface area contributed by atoms with Gasteiger partial charge in [0.1, 0.15) is 5.60 Å². The number of hydrogen-bond donors (Lipinski definition) is 2. The molecule has 63 heavy (non-hydrogen) atoms. The highest BCUT2D eigenvalue weighted by Gasteiger charge is 2.15. The van der Waals surface area contributed by atoms with Crippen LogP contribution in [0.25, 0.3) is 11.4 Å². The number of carbonyl (C=O) groups excluding carboxylic acids is 2. The number of carbonyl (C=O) groups is 2. The van der Waals surface area contributed by atoms with Crippen LogP contribution < -0.4 is 10.6 Å². The fourth-order valence-corrected chi connectivity index (χ4v) is 4.68. The Hall–Kier alpha value is -3.58. The van der Waals surface area contributed by atoms with Crippen LogP contribution in [0.4, 0.5) is 4.79 Å². The van der Waals surface area contributed by atoms with Gasteiger partial charge in [-0.3, -0.25) is 4.79 Å². The van der Waals surface area contributed by atoms with E-state index in [9.17, 15) is 9.59 Å². The van der Waals surface area contributed by atoms with Crippen molar-refractivity contribution in [2.24, 2.45) is 0 Å². The molecule has 21 nitrogen and oxygen atoms in total. The van der Waals surface area contributed by atoms with E-state index in [2.05, 4.69) is 31.0 Å². The molecule has 0 aliphatic carbocycles. The van der Waals surface area contributed by atoms with E-state index in [0.29, 0.717) is 183 Å². The Labute approximate surface area is 372 Å². The van der Waals surface area contributed by atoms with Crippen LogP contribution in [0.3, 0.4) is 0 Å². The Morgan fingerprint density at radius 1 is 0.460 bits per heavy atom. The molecule has 1 aromatic heterocycles. The SMILES string of the molecule is Cc1nnc(-c2ccc(CNC(=O)CCOCCOCCOCCOCCOCCOCCOCCOCCOCCOCCOCCOCCNC(=O)OC(C)(C)C)cc2)nn1. The molecule has 0 saturated carbocycles. The Kier molecular flexibility index (Phi) is 34.2. The van der Waals surface area contributed by atoms with Crippen LogP contribution in [0.15, 0.2) is 24.3 Å². The van der Waals surface area contributed by atoms with E-state index in [-0.39, 0.29) is 12.3 Å². The van der Waals surface area contributed by atoms with Gasteiger partial charge in [0.2, 0.25) is 11.7 Å². The summed E-state index contributed by atoms with van der Waals surface area (Å²) in [7, 11) is 0. The van der Waals surface area contributed by atoms with Gasteiger partial charge in [0.15, 0.2) is 5.82 Å². The minimum Gasteiger partial charge on any atom is -0.444 e. The molecular weight excluding hydrogens is 828 g/mol. The van der Waals surface area contributed by atoms with Crippen molar-refractivity contribution in [1.29, 1.82) is 0 Å². The lowest BCUT2D eigenvalue weighted by Gasteiger charge is -2.19. The zero-order chi connectivity index (χ0) is 45.3. The summed E-state index contributed by atoms with van der Waals surface area (Å²) in [6.45, 7) is 18.8. The average molecular weight is 901 g/mol. The smallest absolute Gasteiger partial charge is 0.407 e. The van der Waals surface area contributed by atoms with Crippen molar-refractivity contribution >= 4 is 12.0 Å². The van der Waals surface area contributed by atoms with E-state index in [1.165, 1.54) is 0 Å². The van der Waals surface area contributed by atoms with Gasteiger partial charge in [0.25, 0.3) is 0 Å². The molecule has 0 saturated heterocycles. The number of alkyl carbamates (subject to hydrolysis) is 1. The van der Waals surface area contributed by atoms with Crippen molar-refractivity contribution in [3.05, 3.63) is 35.7 Å². The maximum atomic E-state index is 12.1. The predicted octanol–water partition coefficient (Wildman–Crippen LogP) is 1.97. The molecule has 0 fully saturated rings. The number of ether oxygens (including phenoxy) is 13. The molecule has 0 spiro atoms. The van der Waals surface area contributed by atoms with Gasteiger partial charge in [0, 0.05) is 25.1 Å². The molecule has 2 amide bonds. The largest absolute Gasteiger partial charge is 0.444 e. The summed E-state index contributed by atoms with van der Waals surface area (Å²) in [5, 5.41) is 21.4. The van der Waals surface area contributed by atoms with Gasteiger partial charge in [-0.15, -0.1) is 20.4 Å². The summed E-state index contributed by atoms with van der Waals surface area (Å²) in [5.74, 6) is 0.876. The Bertz CT molecular complexity index is 1380. The monoisotopic (exact) mass is 901 g/mol. The van der Waals surface area contributed by atoms with Gasteiger partial charge in [-0.1, -0.05) is 24.3 Å². The molecule has 1 heterocycles. The van der Waals surface area contributed by atoms with Crippen LogP contribution in [0.5, 0.6) is 0 Å². The maximum absolute atomic E-state index is 12.1. The minimum atomic E-state index is -0.520. The van der Waals surface area contributed by atoms with Crippen LogP contribution in [0.2, 0.25) is 0 Å². The highest BCUT2D eigenvalue weighted by molar-refractivity contribution is 5.76. The standard InChI is InChI=1S/C42H72N6O15/c1-36-45-47-40(48-46-36)38-7-5-37(6-8-38)35-44-39(49)9-11-51-13-15-53-17-19-55-21-23-57-25-27-59-29-31-61-33-34-62-32-30-60-28-26-58-24-22-56-20-18-54-16-14-52-12-10-43-41(50)63-42(2,3)4/h5-8H,9-35H2,1-4H3,(H,43,50)(H,44,49). The minimum absolute atomic E-state index is 0.0913. The number of amides is 2. The van der Waals surface area contributed by atoms with Crippen LogP contribution in [-0.2, 0) is 72.9 Å². The zero-order valence-electron chi connectivity index (χ0n) is 37.8. The van der Waals surface area contributed by atoms with Crippen molar-refractivity contribution in [2.45, 2.75) is 46.3 Å². The summed E-state index contributed by atoms with van der Waals surface area (Å²) in [4.78, 5) is 23.6. The van der Waals surface area contributed by atoms with E-state index in [1.54, 1.807) is 6.92 Å². The van der Waals surface area contributed by atoms with Crippen molar-refractivity contribution in [3.8, 4) is 11.4 Å². The van der Waals surface area contributed by atoms with Gasteiger partial charge in [-0.05, 0) is 33.3 Å². The fraction of sp³-hybridized carbons (Fsp3) is 0.762. The van der Waals surface area contributed by atoms with Gasteiger partial charge in [0.05, 0.1) is 159 Å². The third-order valence-corrected chi connectivity index (χ3v) is 7.76. The molecule has 360 valence electrons. The molecular formula is C42H72N6O15. The molecule has 2 aromatic rings. The highest BCUT2D eigenvalue weighted by atomic mass is 16.6. The lowest BCUT2D eigenvalue weighted by atomic mass is 10.1. The second kappa shape index (κ2) is 38.8. The van der Waals surface area contributed by atoms with Gasteiger partial charge < -0.3 is 72.2 Å². The number of nitrogens with one attached hydrogen (secondary N) is 2. The van der Waals surface area contributed by atoms with E-state index in [0.717, 1.165) is 11.1 Å². The summed E-state index contributed by atoms with van der Waals surface area (Å²) in [6.07, 6.45) is -0.194. The number of nitrogens with zero attached hydrogens (tertiary/aromatic N) is 4. The lowest BCUT2D eigenvalue weighted by molar-refractivity contribution is -0.122. The van der Waals surface area contributed by atoms with Crippen LogP contribution in [0, 0.1) is 6.92 Å². The average Bonchev–Trinajstić information content (AvgIpc) is 3.26. The highest BCUT2D eigenvalue weighted by Crippen LogP contribution is 2.14. The second-order valence-corrected chi connectivity index (χ2v) is 14.3. The third kappa shape index (κ3) is 35.5. The van der Waals surface area contributed by atoms with Gasteiger partial charge in [-0.2, -0.15) is 0 Å². The number of aryl methyl sites for hydroxylation is 1. The molecule has 0 aliphatic rings. The Morgan fingerprint density at radius 2 is 0.794 bits per heavy atom.